The Kier molecular flexibility index (Phi) is 6.87. The van der Waals surface area contributed by atoms with Gasteiger partial charge < -0.3 is 29.6 Å². The molecule has 0 bridgehead atoms. The topological polar surface area (TPSA) is 95.1 Å². The van der Waals surface area contributed by atoms with Gasteiger partial charge in [0.05, 0.1) is 39.7 Å². The second kappa shape index (κ2) is 9.33. The number of ether oxygens (including phenoxy) is 4. The lowest BCUT2D eigenvalue weighted by molar-refractivity contribution is 0.0602. The Morgan fingerprint density at radius 3 is 2.11 bits per heavy atom. The second-order valence-electron chi connectivity index (χ2n) is 5.38. The van der Waals surface area contributed by atoms with Crippen molar-refractivity contribution in [2.75, 3.05) is 33.8 Å². The maximum atomic E-state index is 12.2. The van der Waals surface area contributed by atoms with E-state index in [1.807, 2.05) is 0 Å². The van der Waals surface area contributed by atoms with Gasteiger partial charge in [0.15, 0.2) is 11.5 Å². The van der Waals surface area contributed by atoms with Crippen LogP contribution in [-0.2, 0) is 11.3 Å². The second-order valence-corrected chi connectivity index (χ2v) is 5.38. The number of urea groups is 1. The van der Waals surface area contributed by atoms with Crippen molar-refractivity contribution in [1.29, 1.82) is 0 Å². The molecule has 2 amide bonds. The molecule has 27 heavy (non-hydrogen) atoms. The largest absolute Gasteiger partial charge is 0.493 e. The molecule has 0 aliphatic heterocycles. The molecule has 144 valence electrons. The summed E-state index contributed by atoms with van der Waals surface area (Å²) in [6.45, 7) is 0.211. The number of methoxy groups -OCH3 is 4. The van der Waals surface area contributed by atoms with E-state index < -0.39 is 12.0 Å². The molecule has 0 unspecified atom stereocenters. The first-order valence-corrected chi connectivity index (χ1v) is 8.05. The zero-order valence-electron chi connectivity index (χ0n) is 15.6. The van der Waals surface area contributed by atoms with Gasteiger partial charge in [-0.15, -0.1) is 0 Å². The first-order valence-electron chi connectivity index (χ1n) is 8.05. The van der Waals surface area contributed by atoms with Gasteiger partial charge in [0.2, 0.25) is 5.75 Å². The number of rotatable bonds is 7. The monoisotopic (exact) mass is 374 g/mol. The standard InChI is InChI=1S/C19H22N2O6/c1-24-15-9-12(10-16(25-2)17(15)26-3)11-20-19(23)21-14-8-6-5-7-13(14)18(22)27-4/h5-10H,11H2,1-4H3,(H2,20,21,23). The van der Waals surface area contributed by atoms with Gasteiger partial charge in [-0.25, -0.2) is 9.59 Å². The Morgan fingerprint density at radius 2 is 1.56 bits per heavy atom. The number of esters is 1. The van der Waals surface area contributed by atoms with Crippen LogP contribution in [0, 0.1) is 0 Å². The molecule has 2 N–H and O–H groups in total. The number of anilines is 1. The van der Waals surface area contributed by atoms with Crippen LogP contribution in [0.5, 0.6) is 17.2 Å². The summed E-state index contributed by atoms with van der Waals surface area (Å²) in [6.07, 6.45) is 0. The van der Waals surface area contributed by atoms with Crippen molar-refractivity contribution >= 4 is 17.7 Å². The summed E-state index contributed by atoms with van der Waals surface area (Å²) in [6, 6.07) is 9.59. The number of hydrogen-bond acceptors (Lipinski definition) is 6. The van der Waals surface area contributed by atoms with Gasteiger partial charge in [-0.05, 0) is 29.8 Å². The predicted octanol–water partition coefficient (Wildman–Crippen LogP) is 2.82. The first kappa shape index (κ1) is 19.9. The molecule has 0 spiro atoms. The molecule has 8 nitrogen and oxygen atoms in total. The van der Waals surface area contributed by atoms with Crippen LogP contribution in [0.4, 0.5) is 10.5 Å². The highest BCUT2D eigenvalue weighted by Gasteiger charge is 2.15. The molecule has 0 aromatic heterocycles. The fourth-order valence-corrected chi connectivity index (χ4v) is 2.47. The number of amides is 2. The number of nitrogens with one attached hydrogen (secondary N) is 2. The van der Waals surface area contributed by atoms with E-state index in [1.54, 1.807) is 36.4 Å². The predicted molar refractivity (Wildman–Crippen MR) is 99.7 cm³/mol. The van der Waals surface area contributed by atoms with Crippen LogP contribution >= 0.6 is 0 Å². The van der Waals surface area contributed by atoms with E-state index in [9.17, 15) is 9.59 Å². The minimum Gasteiger partial charge on any atom is -0.493 e. The summed E-state index contributed by atoms with van der Waals surface area (Å²) in [4.78, 5) is 24.0. The van der Waals surface area contributed by atoms with Gasteiger partial charge in [-0.1, -0.05) is 12.1 Å². The average molecular weight is 374 g/mol. The van der Waals surface area contributed by atoms with Crippen molar-refractivity contribution in [1.82, 2.24) is 5.32 Å². The summed E-state index contributed by atoms with van der Waals surface area (Å²) in [7, 11) is 5.84. The Bertz CT molecular complexity index is 797. The quantitative estimate of drug-likeness (QED) is 0.724. The Morgan fingerprint density at radius 1 is 0.926 bits per heavy atom. The third-order valence-electron chi connectivity index (χ3n) is 3.76. The molecule has 0 saturated heterocycles. The zero-order valence-corrected chi connectivity index (χ0v) is 15.6. The van der Waals surface area contributed by atoms with Gasteiger partial charge in [-0.3, -0.25) is 0 Å². The zero-order chi connectivity index (χ0) is 19.8. The minimum atomic E-state index is -0.532. The van der Waals surface area contributed by atoms with Crippen LogP contribution in [0.3, 0.4) is 0 Å². The van der Waals surface area contributed by atoms with Gasteiger partial charge in [0, 0.05) is 6.54 Å². The smallest absolute Gasteiger partial charge is 0.339 e. The van der Waals surface area contributed by atoms with Crippen molar-refractivity contribution in [3.8, 4) is 17.2 Å². The Hall–Kier alpha value is -3.42. The van der Waals surface area contributed by atoms with Gasteiger partial charge in [0.25, 0.3) is 0 Å². The van der Waals surface area contributed by atoms with E-state index in [-0.39, 0.29) is 12.1 Å². The Balaban J connectivity index is 2.09. The molecular weight excluding hydrogens is 352 g/mol. The summed E-state index contributed by atoms with van der Waals surface area (Å²) in [5.41, 5.74) is 1.37. The molecule has 0 radical (unpaired) electrons. The summed E-state index contributed by atoms with van der Waals surface area (Å²) in [5.74, 6) is 0.922. The normalized spacial score (nSPS) is 9.93. The first-order chi connectivity index (χ1) is 13.0. The third kappa shape index (κ3) is 4.81. The van der Waals surface area contributed by atoms with Crippen LogP contribution in [0.15, 0.2) is 36.4 Å². The number of carbonyl (C=O) groups excluding carboxylic acids is 2. The number of hydrogen-bond donors (Lipinski definition) is 2. The molecule has 0 fully saturated rings. The van der Waals surface area contributed by atoms with Gasteiger partial charge >= 0.3 is 12.0 Å². The highest BCUT2D eigenvalue weighted by molar-refractivity contribution is 6.00. The lowest BCUT2D eigenvalue weighted by atomic mass is 10.1. The summed E-state index contributed by atoms with van der Waals surface area (Å²) >= 11 is 0. The van der Waals surface area contributed by atoms with E-state index in [1.165, 1.54) is 28.4 Å². The minimum absolute atomic E-state index is 0.211. The summed E-state index contributed by atoms with van der Waals surface area (Å²) in [5, 5.41) is 5.36. The van der Waals surface area contributed by atoms with Crippen LogP contribution < -0.4 is 24.8 Å². The molecule has 0 heterocycles. The fourth-order valence-electron chi connectivity index (χ4n) is 2.47. The van der Waals surface area contributed by atoms with Gasteiger partial charge in [-0.2, -0.15) is 0 Å². The van der Waals surface area contributed by atoms with E-state index >= 15 is 0 Å². The van der Waals surface area contributed by atoms with Crippen molar-refractivity contribution in [2.24, 2.45) is 0 Å². The molecule has 2 aromatic rings. The van der Waals surface area contributed by atoms with E-state index in [4.69, 9.17) is 18.9 Å². The Labute approximate surface area is 157 Å². The molecule has 0 saturated carbocycles. The van der Waals surface area contributed by atoms with Crippen LogP contribution in [0.1, 0.15) is 15.9 Å². The van der Waals surface area contributed by atoms with Crippen molar-refractivity contribution < 1.29 is 28.5 Å². The number of benzene rings is 2. The molecular formula is C19H22N2O6. The van der Waals surface area contributed by atoms with Crippen LogP contribution in [0.2, 0.25) is 0 Å². The highest BCUT2D eigenvalue weighted by atomic mass is 16.5. The van der Waals surface area contributed by atoms with Gasteiger partial charge in [0.1, 0.15) is 0 Å². The van der Waals surface area contributed by atoms with Crippen molar-refractivity contribution in [3.05, 3.63) is 47.5 Å². The number of para-hydroxylation sites is 1. The van der Waals surface area contributed by atoms with Crippen molar-refractivity contribution in [2.45, 2.75) is 6.54 Å². The van der Waals surface area contributed by atoms with Crippen molar-refractivity contribution in [3.63, 3.8) is 0 Å². The van der Waals surface area contributed by atoms with E-state index in [0.29, 0.717) is 22.9 Å². The molecule has 2 rings (SSSR count). The lowest BCUT2D eigenvalue weighted by Gasteiger charge is -2.15. The summed E-state index contributed by atoms with van der Waals surface area (Å²) < 4.78 is 20.6. The molecule has 8 heteroatoms. The molecule has 0 aliphatic carbocycles. The number of carbonyl (C=O) groups is 2. The highest BCUT2D eigenvalue weighted by Crippen LogP contribution is 2.38. The van der Waals surface area contributed by atoms with Crippen LogP contribution in [-0.4, -0.2) is 40.4 Å². The van der Waals surface area contributed by atoms with E-state index in [0.717, 1.165) is 5.56 Å². The third-order valence-corrected chi connectivity index (χ3v) is 3.76. The average Bonchev–Trinajstić information content (AvgIpc) is 2.71. The molecule has 2 aromatic carbocycles. The van der Waals surface area contributed by atoms with E-state index in [2.05, 4.69) is 10.6 Å². The lowest BCUT2D eigenvalue weighted by Crippen LogP contribution is -2.29. The molecule has 0 aliphatic rings. The SMILES string of the molecule is COC(=O)c1ccccc1NC(=O)NCc1cc(OC)c(OC)c(OC)c1. The van der Waals surface area contributed by atoms with Crippen LogP contribution in [0.25, 0.3) is 0 Å². The fraction of sp³-hybridized carbons (Fsp3) is 0.263. The maximum Gasteiger partial charge on any atom is 0.339 e. The maximum absolute atomic E-state index is 12.2. The molecule has 0 atom stereocenters.